The Morgan fingerprint density at radius 3 is 2.56 bits per heavy atom. The maximum absolute atomic E-state index is 11.5. The SMILES string of the molecule is CCCC(N)C(=O)NCCc1ccc(O)cc1.Cl. The average molecular weight is 273 g/mol. The van der Waals surface area contributed by atoms with Gasteiger partial charge in [0.1, 0.15) is 5.75 Å². The molecule has 4 N–H and O–H groups in total. The summed E-state index contributed by atoms with van der Waals surface area (Å²) in [6.07, 6.45) is 2.36. The van der Waals surface area contributed by atoms with Crippen LogP contribution in [0.3, 0.4) is 0 Å². The second-order valence-electron chi connectivity index (χ2n) is 4.10. The molecule has 102 valence electrons. The molecule has 0 aliphatic rings. The van der Waals surface area contributed by atoms with Crippen molar-refractivity contribution in [2.24, 2.45) is 5.73 Å². The zero-order chi connectivity index (χ0) is 12.7. The first-order valence-corrected chi connectivity index (χ1v) is 5.94. The van der Waals surface area contributed by atoms with Crippen LogP contribution in [-0.4, -0.2) is 23.6 Å². The molecule has 1 rings (SSSR count). The van der Waals surface area contributed by atoms with Crippen molar-refractivity contribution in [2.45, 2.75) is 32.2 Å². The molecule has 0 radical (unpaired) electrons. The summed E-state index contributed by atoms with van der Waals surface area (Å²) >= 11 is 0. The summed E-state index contributed by atoms with van der Waals surface area (Å²) in [6.45, 7) is 2.57. The predicted octanol–water partition coefficient (Wildman–Crippen LogP) is 1.60. The summed E-state index contributed by atoms with van der Waals surface area (Å²) in [5.74, 6) is 0.161. The predicted molar refractivity (Wildman–Crippen MR) is 75.0 cm³/mol. The van der Waals surface area contributed by atoms with Gasteiger partial charge >= 0.3 is 0 Å². The lowest BCUT2D eigenvalue weighted by Crippen LogP contribution is -2.41. The number of nitrogens with two attached hydrogens (primary N) is 1. The smallest absolute Gasteiger partial charge is 0.236 e. The summed E-state index contributed by atoms with van der Waals surface area (Å²) in [7, 11) is 0. The molecule has 1 aromatic carbocycles. The van der Waals surface area contributed by atoms with Gasteiger partial charge in [-0.3, -0.25) is 4.79 Å². The van der Waals surface area contributed by atoms with E-state index < -0.39 is 6.04 Å². The molecular formula is C13H21ClN2O2. The maximum atomic E-state index is 11.5. The Morgan fingerprint density at radius 2 is 2.00 bits per heavy atom. The number of phenols is 1. The maximum Gasteiger partial charge on any atom is 0.236 e. The van der Waals surface area contributed by atoms with Gasteiger partial charge in [0, 0.05) is 6.54 Å². The van der Waals surface area contributed by atoms with Crippen LogP contribution in [0.5, 0.6) is 5.75 Å². The molecule has 1 atom stereocenters. The molecule has 1 amide bonds. The van der Waals surface area contributed by atoms with Gasteiger partial charge in [0.25, 0.3) is 0 Å². The normalized spacial score (nSPS) is 11.4. The van der Waals surface area contributed by atoms with E-state index in [1.807, 2.05) is 19.1 Å². The molecule has 0 aliphatic heterocycles. The number of halogens is 1. The molecule has 0 bridgehead atoms. The van der Waals surface area contributed by atoms with Crippen LogP contribution in [0.1, 0.15) is 25.3 Å². The second kappa shape index (κ2) is 8.78. The van der Waals surface area contributed by atoms with E-state index in [0.29, 0.717) is 13.0 Å². The van der Waals surface area contributed by atoms with E-state index in [2.05, 4.69) is 5.32 Å². The van der Waals surface area contributed by atoms with Crippen LogP contribution in [0.25, 0.3) is 0 Å². The highest BCUT2D eigenvalue weighted by Crippen LogP contribution is 2.09. The minimum absolute atomic E-state index is 0. The van der Waals surface area contributed by atoms with Gasteiger partial charge in [-0.2, -0.15) is 0 Å². The Hall–Kier alpha value is -1.26. The molecular weight excluding hydrogens is 252 g/mol. The molecule has 4 nitrogen and oxygen atoms in total. The quantitative estimate of drug-likeness (QED) is 0.736. The molecule has 0 aliphatic carbocycles. The van der Waals surface area contributed by atoms with Crippen molar-refractivity contribution in [3.05, 3.63) is 29.8 Å². The van der Waals surface area contributed by atoms with Gasteiger partial charge < -0.3 is 16.2 Å². The van der Waals surface area contributed by atoms with Gasteiger partial charge in [-0.15, -0.1) is 12.4 Å². The van der Waals surface area contributed by atoms with Crippen molar-refractivity contribution in [3.63, 3.8) is 0 Å². The van der Waals surface area contributed by atoms with Crippen LogP contribution in [0.4, 0.5) is 0 Å². The third kappa shape index (κ3) is 5.89. The number of hydrogen-bond acceptors (Lipinski definition) is 3. The molecule has 1 unspecified atom stereocenters. The third-order valence-corrected chi connectivity index (χ3v) is 2.59. The average Bonchev–Trinajstić information content (AvgIpc) is 2.32. The number of benzene rings is 1. The number of carbonyl (C=O) groups excluding carboxylic acids is 1. The Labute approximate surface area is 114 Å². The zero-order valence-corrected chi connectivity index (χ0v) is 11.4. The van der Waals surface area contributed by atoms with Gasteiger partial charge in [0.2, 0.25) is 5.91 Å². The fourth-order valence-electron chi connectivity index (χ4n) is 1.57. The summed E-state index contributed by atoms with van der Waals surface area (Å²) in [4.78, 5) is 11.5. The summed E-state index contributed by atoms with van der Waals surface area (Å²) < 4.78 is 0. The standard InChI is InChI=1S/C13H20N2O2.ClH/c1-2-3-12(14)13(17)15-9-8-10-4-6-11(16)7-5-10;/h4-7,12,16H,2-3,8-9,14H2,1H3,(H,15,17);1H. The van der Waals surface area contributed by atoms with Gasteiger partial charge in [-0.25, -0.2) is 0 Å². The van der Waals surface area contributed by atoms with E-state index >= 15 is 0 Å². The topological polar surface area (TPSA) is 75.4 Å². The van der Waals surface area contributed by atoms with E-state index in [-0.39, 0.29) is 24.1 Å². The van der Waals surface area contributed by atoms with Crippen LogP contribution in [0, 0.1) is 0 Å². The Bertz CT molecular complexity index is 355. The monoisotopic (exact) mass is 272 g/mol. The third-order valence-electron chi connectivity index (χ3n) is 2.59. The van der Waals surface area contributed by atoms with E-state index in [1.54, 1.807) is 12.1 Å². The van der Waals surface area contributed by atoms with Crippen molar-refractivity contribution in [3.8, 4) is 5.75 Å². The minimum Gasteiger partial charge on any atom is -0.508 e. The van der Waals surface area contributed by atoms with Gasteiger partial charge in [-0.05, 0) is 30.5 Å². The van der Waals surface area contributed by atoms with E-state index in [4.69, 9.17) is 10.8 Å². The van der Waals surface area contributed by atoms with Gasteiger partial charge in [-0.1, -0.05) is 25.5 Å². The first-order chi connectivity index (χ1) is 8.13. The van der Waals surface area contributed by atoms with Crippen molar-refractivity contribution in [1.29, 1.82) is 0 Å². The zero-order valence-electron chi connectivity index (χ0n) is 10.6. The van der Waals surface area contributed by atoms with Crippen molar-refractivity contribution in [1.82, 2.24) is 5.32 Å². The minimum atomic E-state index is -0.403. The molecule has 1 aromatic rings. The number of phenolic OH excluding ortho intramolecular Hbond substituents is 1. The Morgan fingerprint density at radius 1 is 1.39 bits per heavy atom. The van der Waals surface area contributed by atoms with Crippen LogP contribution >= 0.6 is 12.4 Å². The van der Waals surface area contributed by atoms with E-state index in [1.165, 1.54) is 0 Å². The van der Waals surface area contributed by atoms with Crippen LogP contribution in [0.2, 0.25) is 0 Å². The highest BCUT2D eigenvalue weighted by atomic mass is 35.5. The molecule has 0 fully saturated rings. The summed E-state index contributed by atoms with van der Waals surface area (Å²) in [6, 6.07) is 6.56. The summed E-state index contributed by atoms with van der Waals surface area (Å²) in [5, 5.41) is 11.9. The molecule has 0 aromatic heterocycles. The van der Waals surface area contributed by atoms with Crippen molar-refractivity contribution >= 4 is 18.3 Å². The Balaban J connectivity index is 0.00000289. The first-order valence-electron chi connectivity index (χ1n) is 5.94. The van der Waals surface area contributed by atoms with Crippen molar-refractivity contribution in [2.75, 3.05) is 6.54 Å². The van der Waals surface area contributed by atoms with E-state index in [9.17, 15) is 4.79 Å². The highest BCUT2D eigenvalue weighted by molar-refractivity contribution is 5.85. The lowest BCUT2D eigenvalue weighted by atomic mass is 10.1. The number of rotatable bonds is 6. The lowest BCUT2D eigenvalue weighted by molar-refractivity contribution is -0.122. The molecule has 5 heteroatoms. The van der Waals surface area contributed by atoms with Crippen LogP contribution < -0.4 is 11.1 Å². The van der Waals surface area contributed by atoms with Gasteiger partial charge in [0.15, 0.2) is 0 Å². The molecule has 18 heavy (non-hydrogen) atoms. The largest absolute Gasteiger partial charge is 0.508 e. The van der Waals surface area contributed by atoms with Crippen molar-refractivity contribution < 1.29 is 9.90 Å². The lowest BCUT2D eigenvalue weighted by Gasteiger charge is -2.11. The number of carbonyl (C=O) groups is 1. The number of nitrogens with one attached hydrogen (secondary N) is 1. The van der Waals surface area contributed by atoms with Crippen LogP contribution in [-0.2, 0) is 11.2 Å². The van der Waals surface area contributed by atoms with E-state index in [0.717, 1.165) is 18.4 Å². The molecule has 0 spiro atoms. The molecule has 0 saturated heterocycles. The Kier molecular flexibility index (Phi) is 8.16. The number of amides is 1. The number of hydrogen-bond donors (Lipinski definition) is 3. The summed E-state index contributed by atoms with van der Waals surface area (Å²) in [5.41, 5.74) is 6.76. The number of aromatic hydroxyl groups is 1. The van der Waals surface area contributed by atoms with Gasteiger partial charge in [0.05, 0.1) is 6.04 Å². The fraction of sp³-hybridized carbons (Fsp3) is 0.462. The van der Waals surface area contributed by atoms with Crippen LogP contribution in [0.15, 0.2) is 24.3 Å². The molecule has 0 heterocycles. The first kappa shape index (κ1) is 16.7. The fourth-order valence-corrected chi connectivity index (χ4v) is 1.57. The highest BCUT2D eigenvalue weighted by Gasteiger charge is 2.10. The second-order valence-corrected chi connectivity index (χ2v) is 4.10. The molecule has 0 saturated carbocycles.